The van der Waals surface area contributed by atoms with Crippen molar-refractivity contribution < 1.29 is 37.8 Å². The number of aromatic nitrogens is 1. The van der Waals surface area contributed by atoms with Crippen LogP contribution in [0.5, 0.6) is 11.5 Å². The van der Waals surface area contributed by atoms with Crippen LogP contribution in [0.1, 0.15) is 38.7 Å². The first-order valence-corrected chi connectivity index (χ1v) is 12.5. The number of rotatable bonds is 9. The average Bonchev–Trinajstić information content (AvgIpc) is 3.32. The maximum absolute atomic E-state index is 14.0. The third-order valence-corrected chi connectivity index (χ3v) is 6.43. The van der Waals surface area contributed by atoms with Gasteiger partial charge in [-0.25, -0.2) is 4.39 Å². The second kappa shape index (κ2) is 11.8. The van der Waals surface area contributed by atoms with Crippen LogP contribution in [0, 0.1) is 5.82 Å². The van der Waals surface area contributed by atoms with E-state index >= 15 is 0 Å². The van der Waals surface area contributed by atoms with Crippen LogP contribution >= 0.6 is 11.5 Å². The Hall–Kier alpha value is -4.72. The Kier molecular flexibility index (Phi) is 8.24. The Morgan fingerprint density at radius 2 is 1.82 bits per heavy atom. The lowest BCUT2D eigenvalue weighted by Crippen LogP contribution is -2.45. The van der Waals surface area contributed by atoms with E-state index in [-0.39, 0.29) is 40.7 Å². The predicted octanol–water partition coefficient (Wildman–Crippen LogP) is 1.80. The van der Waals surface area contributed by atoms with Crippen LogP contribution in [0.2, 0.25) is 0 Å². The van der Waals surface area contributed by atoms with E-state index in [2.05, 4.69) is 9.69 Å². The average molecular weight is 558 g/mol. The molecule has 0 bridgehead atoms. The summed E-state index contributed by atoms with van der Waals surface area (Å²) in [6.45, 7) is 1.82. The van der Waals surface area contributed by atoms with E-state index in [9.17, 15) is 23.6 Å². The molecule has 2 aromatic carbocycles. The van der Waals surface area contributed by atoms with Crippen LogP contribution in [0.25, 0.3) is 0 Å². The second-order valence-electron chi connectivity index (χ2n) is 8.12. The van der Waals surface area contributed by atoms with Crippen molar-refractivity contribution in [1.29, 1.82) is 0 Å². The largest absolute Gasteiger partial charge is 0.486 e. The predicted molar refractivity (Wildman–Crippen MR) is 138 cm³/mol. The number of benzene rings is 2. The molecule has 2 heterocycles. The first kappa shape index (κ1) is 27.3. The number of nitrogen functional groups attached to an aromatic ring is 1. The number of nitrogens with two attached hydrogens (primary N) is 2. The molecule has 0 saturated heterocycles. The first-order chi connectivity index (χ1) is 18.7. The van der Waals surface area contributed by atoms with Gasteiger partial charge in [-0.1, -0.05) is 12.1 Å². The van der Waals surface area contributed by atoms with Crippen molar-refractivity contribution in [1.82, 2.24) is 9.69 Å². The van der Waals surface area contributed by atoms with Crippen molar-refractivity contribution in [2.45, 2.75) is 13.0 Å². The van der Waals surface area contributed by atoms with Gasteiger partial charge in [-0.3, -0.25) is 24.1 Å². The minimum absolute atomic E-state index is 0.102. The quantitative estimate of drug-likeness (QED) is 0.331. The molecule has 204 valence electrons. The second-order valence-corrected chi connectivity index (χ2v) is 8.89. The number of fused-ring (bicyclic) bond motifs is 1. The van der Waals surface area contributed by atoms with Gasteiger partial charge in [-0.15, -0.1) is 0 Å². The van der Waals surface area contributed by atoms with E-state index in [4.69, 9.17) is 25.7 Å². The highest BCUT2D eigenvalue weighted by Crippen LogP contribution is 2.39. The number of esters is 1. The van der Waals surface area contributed by atoms with Crippen molar-refractivity contribution in [3.63, 3.8) is 0 Å². The van der Waals surface area contributed by atoms with E-state index in [0.29, 0.717) is 29.6 Å². The number of halogens is 1. The van der Waals surface area contributed by atoms with Gasteiger partial charge in [0.2, 0.25) is 5.91 Å². The van der Waals surface area contributed by atoms with Gasteiger partial charge in [-0.2, -0.15) is 4.37 Å². The van der Waals surface area contributed by atoms with Crippen molar-refractivity contribution in [3.8, 4) is 11.5 Å². The van der Waals surface area contributed by atoms with Gasteiger partial charge in [0.05, 0.1) is 12.3 Å². The fourth-order valence-electron chi connectivity index (χ4n) is 3.83. The third-order valence-electron chi connectivity index (χ3n) is 5.58. The Morgan fingerprint density at radius 1 is 1.13 bits per heavy atom. The van der Waals surface area contributed by atoms with Crippen LogP contribution in [-0.2, 0) is 14.3 Å². The number of anilines is 2. The van der Waals surface area contributed by atoms with Crippen LogP contribution in [0.15, 0.2) is 42.5 Å². The maximum Gasteiger partial charge on any atom is 0.325 e. The zero-order valence-corrected chi connectivity index (χ0v) is 21.5. The summed E-state index contributed by atoms with van der Waals surface area (Å²) in [7, 11) is 0. The summed E-state index contributed by atoms with van der Waals surface area (Å²) in [6, 6.07) is 8.04. The molecular weight excluding hydrogens is 533 g/mol. The lowest BCUT2D eigenvalue weighted by atomic mass is 10.0. The number of amides is 3. The summed E-state index contributed by atoms with van der Waals surface area (Å²) in [4.78, 5) is 52.3. The van der Waals surface area contributed by atoms with Gasteiger partial charge in [0.25, 0.3) is 11.8 Å². The minimum Gasteiger partial charge on any atom is -0.486 e. The van der Waals surface area contributed by atoms with E-state index in [1.807, 2.05) is 0 Å². The van der Waals surface area contributed by atoms with Crippen LogP contribution < -0.4 is 31.2 Å². The van der Waals surface area contributed by atoms with Gasteiger partial charge in [-0.05, 0) is 48.3 Å². The molecule has 39 heavy (non-hydrogen) atoms. The molecule has 1 aliphatic rings. The molecule has 1 atom stereocenters. The molecule has 14 heteroatoms. The standard InChI is InChI=1S/C25H24FN5O7S/c1-2-36-18(32)12-29-24(34)21(13-3-5-14(26)6-4-13)31(15-7-8-16-17(11-15)38-10-9-37-16)25(35)22-19(27)20(23(28)33)30-39-22/h3-8,11,21H,2,9-10,12,27H2,1H3,(H2,28,33)(H,29,34)/t21-/m0/s1. The summed E-state index contributed by atoms with van der Waals surface area (Å²) in [5.74, 6) is -3.05. The zero-order valence-electron chi connectivity index (χ0n) is 20.6. The third kappa shape index (κ3) is 5.90. The van der Waals surface area contributed by atoms with Gasteiger partial charge >= 0.3 is 5.97 Å². The lowest BCUT2D eigenvalue weighted by molar-refractivity contribution is -0.143. The van der Waals surface area contributed by atoms with Gasteiger partial charge < -0.3 is 31.0 Å². The molecule has 0 radical (unpaired) electrons. The number of carbonyl (C=O) groups is 4. The summed E-state index contributed by atoms with van der Waals surface area (Å²) < 4.78 is 33.8. The van der Waals surface area contributed by atoms with Gasteiger partial charge in [0.1, 0.15) is 36.5 Å². The van der Waals surface area contributed by atoms with Gasteiger partial charge in [0.15, 0.2) is 17.2 Å². The van der Waals surface area contributed by atoms with E-state index in [1.165, 1.54) is 24.3 Å². The van der Waals surface area contributed by atoms with Crippen LogP contribution in [0.4, 0.5) is 15.8 Å². The number of primary amides is 1. The fourth-order valence-corrected chi connectivity index (χ4v) is 4.58. The SMILES string of the molecule is CCOC(=O)CNC(=O)[C@H](c1ccc(F)cc1)N(C(=O)c1snc(C(N)=O)c1N)c1ccc2c(c1)OCCO2. The molecule has 0 spiro atoms. The van der Waals surface area contributed by atoms with Crippen molar-refractivity contribution in [2.24, 2.45) is 5.73 Å². The Labute approximate surface area is 225 Å². The molecule has 0 fully saturated rings. The van der Waals surface area contributed by atoms with Crippen LogP contribution in [-0.4, -0.2) is 54.4 Å². The minimum atomic E-state index is -1.44. The number of ether oxygens (including phenoxy) is 3. The molecule has 0 saturated carbocycles. The number of carbonyl (C=O) groups excluding carboxylic acids is 4. The molecule has 3 aromatic rings. The monoisotopic (exact) mass is 557 g/mol. The number of hydrogen-bond acceptors (Lipinski definition) is 10. The van der Waals surface area contributed by atoms with E-state index in [1.54, 1.807) is 13.0 Å². The molecule has 1 aliphatic heterocycles. The number of hydrogen-bond donors (Lipinski definition) is 3. The summed E-state index contributed by atoms with van der Waals surface area (Å²) >= 11 is 0.627. The summed E-state index contributed by atoms with van der Waals surface area (Å²) in [5, 5.41) is 2.46. The molecule has 0 unspecified atom stereocenters. The highest BCUT2D eigenvalue weighted by Gasteiger charge is 2.37. The van der Waals surface area contributed by atoms with Crippen molar-refractivity contribution in [3.05, 3.63) is 64.4 Å². The topological polar surface area (TPSA) is 176 Å². The lowest BCUT2D eigenvalue weighted by Gasteiger charge is -2.32. The Bertz CT molecular complexity index is 1410. The summed E-state index contributed by atoms with van der Waals surface area (Å²) in [5.41, 5.74) is 11.2. The molecule has 1 aromatic heterocycles. The Morgan fingerprint density at radius 3 is 2.46 bits per heavy atom. The molecule has 12 nitrogen and oxygen atoms in total. The molecule has 3 amide bonds. The van der Waals surface area contributed by atoms with Crippen molar-refractivity contribution >= 4 is 46.6 Å². The maximum atomic E-state index is 14.0. The number of nitrogens with one attached hydrogen (secondary N) is 1. The van der Waals surface area contributed by atoms with E-state index in [0.717, 1.165) is 17.0 Å². The molecule has 4 rings (SSSR count). The number of nitrogens with zero attached hydrogens (tertiary/aromatic N) is 2. The summed E-state index contributed by atoms with van der Waals surface area (Å²) in [6.07, 6.45) is 0. The zero-order chi connectivity index (χ0) is 28.1. The molecule has 0 aliphatic carbocycles. The molecular formula is C25H24FN5O7S. The fraction of sp³-hybridized carbons (Fsp3) is 0.240. The van der Waals surface area contributed by atoms with Gasteiger partial charge in [0, 0.05) is 11.8 Å². The highest BCUT2D eigenvalue weighted by atomic mass is 32.1. The first-order valence-electron chi connectivity index (χ1n) is 11.7. The smallest absolute Gasteiger partial charge is 0.325 e. The van der Waals surface area contributed by atoms with E-state index < -0.39 is 42.1 Å². The molecule has 5 N–H and O–H groups in total. The Balaban J connectivity index is 1.85. The van der Waals surface area contributed by atoms with Crippen molar-refractivity contribution in [2.75, 3.05) is 37.0 Å². The normalized spacial score (nSPS) is 12.8. The van der Waals surface area contributed by atoms with Crippen LogP contribution in [0.3, 0.4) is 0 Å². The highest BCUT2D eigenvalue weighted by molar-refractivity contribution is 7.09.